The molecule has 0 saturated carbocycles. The molecule has 25 heteroatoms. The van der Waals surface area contributed by atoms with Crippen molar-refractivity contribution in [3.63, 3.8) is 0 Å². The lowest BCUT2D eigenvalue weighted by Gasteiger charge is -2.23. The average molecular weight is 687 g/mol. The molecule has 0 spiro atoms. The van der Waals surface area contributed by atoms with E-state index < -0.39 is 71.9 Å². The third kappa shape index (κ3) is 5.44. The first-order chi connectivity index (χ1) is 22.0. The molecular weight excluding hydrogens is 663 g/mol. The Kier molecular flexibility index (Phi) is 7.81. The van der Waals surface area contributed by atoms with Gasteiger partial charge in [-0.3, -0.25) is 27.2 Å². The van der Waals surface area contributed by atoms with Crippen molar-refractivity contribution >= 4 is 49.4 Å². The van der Waals surface area contributed by atoms with Gasteiger partial charge in [0.15, 0.2) is 46.9 Å². The van der Waals surface area contributed by atoms with Gasteiger partial charge in [0.25, 0.3) is 0 Å². The van der Waals surface area contributed by atoms with Gasteiger partial charge in [0.1, 0.15) is 48.9 Å². The van der Waals surface area contributed by atoms with E-state index in [-0.39, 0.29) is 22.6 Å². The van der Waals surface area contributed by atoms with Crippen LogP contribution in [-0.4, -0.2) is 114 Å². The minimum atomic E-state index is -5.05. The van der Waals surface area contributed by atoms with Crippen LogP contribution in [0.2, 0.25) is 0 Å². The Morgan fingerprint density at radius 2 is 1.67 bits per heavy atom. The Bertz CT molecular complexity index is 2010. The summed E-state index contributed by atoms with van der Waals surface area (Å²) in [5.41, 5.74) is 7.00. The molecule has 2 aliphatic rings. The molecule has 0 radical (unpaired) electrons. The first-order valence-electron chi connectivity index (χ1n) is 13.2. The summed E-state index contributed by atoms with van der Waals surface area (Å²) < 4.78 is 75.7. The number of hydrogen-bond donors (Lipinski definition) is 4. The van der Waals surface area contributed by atoms with Gasteiger partial charge in [0, 0.05) is 7.11 Å². The quantitative estimate of drug-likeness (QED) is 0.137. The van der Waals surface area contributed by atoms with Crippen LogP contribution in [0.5, 0.6) is 0 Å². The number of aliphatic hydroxyl groups is 1. The number of hydrogen-bond acceptors (Lipinski definition) is 17. The second-order valence-corrected chi connectivity index (χ2v) is 13.0. The molecule has 0 aromatic carbocycles. The topological polar surface area (TPSA) is 281 Å². The second-order valence-electron chi connectivity index (χ2n) is 10.0. The molecule has 2 fully saturated rings. The molecule has 22 nitrogen and oxygen atoms in total. The van der Waals surface area contributed by atoms with Crippen molar-refractivity contribution in [2.45, 2.75) is 43.0 Å². The smallest absolute Gasteiger partial charge is 0.386 e. The number of ether oxygens (including phenoxy) is 2. The maximum Gasteiger partial charge on any atom is 0.472 e. The number of aliphatic hydroxyl groups excluding tert-OH is 1. The standard InChI is InChI=1S/C21H24FN11O11P2/c1-39-45(35,36)44-15-10(42-21(14(15)34)32-7-28-13-18(32)29-8-33-19(13)26-5-30-33)3-41-46(37,38)43-9-2-40-20(11(9)22)31-6-27-12-16(23)24-4-25-17(12)31/h4-11,14-15,20-21,34H,2-3H2,1H3,(H,35,36)(H,37,38)(H2,23,24,25)/t9-,10-,11-,14-,15-,20-,21-/m1/s1. The number of aromatic nitrogens is 10. The van der Waals surface area contributed by atoms with Crippen LogP contribution in [0.15, 0.2) is 31.6 Å². The highest BCUT2D eigenvalue weighted by Gasteiger charge is 2.51. The normalized spacial score (nSPS) is 29.5. The third-order valence-electron chi connectivity index (χ3n) is 7.30. The molecule has 46 heavy (non-hydrogen) atoms. The van der Waals surface area contributed by atoms with Crippen molar-refractivity contribution in [2.75, 3.05) is 26.1 Å². The van der Waals surface area contributed by atoms with Crippen LogP contribution in [0.3, 0.4) is 0 Å². The maximum absolute atomic E-state index is 15.4. The summed E-state index contributed by atoms with van der Waals surface area (Å²) in [5, 5.41) is 15.1. The van der Waals surface area contributed by atoms with Crippen molar-refractivity contribution in [2.24, 2.45) is 0 Å². The zero-order valence-corrected chi connectivity index (χ0v) is 25.1. The molecule has 0 aliphatic carbocycles. The Balaban J connectivity index is 1.07. The molecule has 5 N–H and O–H groups in total. The zero-order chi connectivity index (χ0) is 32.4. The highest BCUT2D eigenvalue weighted by molar-refractivity contribution is 7.47. The predicted octanol–water partition coefficient (Wildman–Crippen LogP) is -0.345. The van der Waals surface area contributed by atoms with Gasteiger partial charge in [-0.05, 0) is 0 Å². The molecule has 7 rings (SSSR count). The number of nitrogens with zero attached hydrogens (tertiary/aromatic N) is 10. The Hall–Kier alpha value is -3.60. The summed E-state index contributed by atoms with van der Waals surface area (Å²) in [6, 6.07) is 0. The van der Waals surface area contributed by atoms with Gasteiger partial charge in [-0.15, -0.1) is 0 Å². The average Bonchev–Trinajstić information content (AvgIpc) is 3.85. The monoisotopic (exact) mass is 687 g/mol. The number of fused-ring (bicyclic) bond motifs is 4. The number of nitrogens with two attached hydrogens (primary N) is 1. The van der Waals surface area contributed by atoms with E-state index in [4.69, 9.17) is 28.8 Å². The van der Waals surface area contributed by atoms with Crippen molar-refractivity contribution in [3.05, 3.63) is 31.6 Å². The van der Waals surface area contributed by atoms with E-state index in [0.29, 0.717) is 11.2 Å². The fourth-order valence-electron chi connectivity index (χ4n) is 5.16. The van der Waals surface area contributed by atoms with Gasteiger partial charge in [-0.1, -0.05) is 0 Å². The molecule has 0 bridgehead atoms. The van der Waals surface area contributed by atoms with Gasteiger partial charge in [-0.25, -0.2) is 47.9 Å². The Labute approximate surface area is 255 Å². The fraction of sp³-hybridized carbons (Fsp3) is 0.476. The molecule has 9 atom stereocenters. The summed E-state index contributed by atoms with van der Waals surface area (Å²) in [4.78, 5) is 45.0. The summed E-state index contributed by atoms with van der Waals surface area (Å²) >= 11 is 0. The first kappa shape index (κ1) is 31.0. The highest BCUT2D eigenvalue weighted by atomic mass is 31.2. The molecule has 2 unspecified atom stereocenters. The van der Waals surface area contributed by atoms with Gasteiger partial charge >= 0.3 is 15.6 Å². The number of nitrogen functional groups attached to an aromatic ring is 1. The Morgan fingerprint density at radius 1 is 0.957 bits per heavy atom. The van der Waals surface area contributed by atoms with Gasteiger partial charge in [-0.2, -0.15) is 5.10 Å². The van der Waals surface area contributed by atoms with Crippen molar-refractivity contribution in [1.82, 2.24) is 48.7 Å². The van der Waals surface area contributed by atoms with Crippen LogP contribution in [0.25, 0.3) is 28.0 Å². The van der Waals surface area contributed by atoms with Crippen LogP contribution in [0.1, 0.15) is 12.5 Å². The van der Waals surface area contributed by atoms with Gasteiger partial charge < -0.3 is 30.1 Å². The number of anilines is 1. The summed E-state index contributed by atoms with van der Waals surface area (Å²) in [6.07, 6.45) is -4.72. The van der Waals surface area contributed by atoms with Crippen molar-refractivity contribution in [3.8, 4) is 0 Å². The summed E-state index contributed by atoms with van der Waals surface area (Å²) in [7, 11) is -8.89. The minimum absolute atomic E-state index is 0.0650. The van der Waals surface area contributed by atoms with E-state index in [0.717, 1.165) is 13.4 Å². The lowest BCUT2D eigenvalue weighted by Crippen LogP contribution is -2.36. The SMILES string of the molecule is COP(=O)(O)O[C@H]1[C@@H](O)[C@H](n2cnc3c2ncn2ncnc32)O[C@@H]1COP(=O)(O)O[C@@H]1CO[C@@H](n2cnc3c(N)ncnc32)[C@@H]1F. The fourth-order valence-corrected chi connectivity index (χ4v) is 6.73. The van der Waals surface area contributed by atoms with E-state index in [1.807, 2.05) is 0 Å². The first-order valence-corrected chi connectivity index (χ1v) is 16.2. The lowest BCUT2D eigenvalue weighted by atomic mass is 10.1. The van der Waals surface area contributed by atoms with E-state index in [9.17, 15) is 24.0 Å². The van der Waals surface area contributed by atoms with Crippen LogP contribution >= 0.6 is 15.6 Å². The maximum atomic E-state index is 15.4. The minimum Gasteiger partial charge on any atom is -0.386 e. The second kappa shape index (κ2) is 11.6. The van der Waals surface area contributed by atoms with E-state index in [1.165, 1.54) is 39.0 Å². The number of phosphoric ester groups is 2. The largest absolute Gasteiger partial charge is 0.472 e. The lowest BCUT2D eigenvalue weighted by molar-refractivity contribution is -0.0531. The van der Waals surface area contributed by atoms with E-state index >= 15 is 4.39 Å². The summed E-state index contributed by atoms with van der Waals surface area (Å²) in [6.45, 7) is -1.28. The van der Waals surface area contributed by atoms with Gasteiger partial charge in [0.2, 0.25) is 0 Å². The van der Waals surface area contributed by atoms with E-state index in [1.54, 1.807) is 0 Å². The molecule has 7 heterocycles. The van der Waals surface area contributed by atoms with Crippen molar-refractivity contribution < 1.29 is 56.0 Å². The van der Waals surface area contributed by atoms with Crippen LogP contribution in [-0.2, 0) is 36.7 Å². The number of imidazole rings is 2. The molecular formula is C21H24FN11O11P2. The number of alkyl halides is 1. The molecule has 5 aromatic rings. The zero-order valence-electron chi connectivity index (χ0n) is 23.3. The van der Waals surface area contributed by atoms with Gasteiger partial charge in [0.05, 0.1) is 25.9 Å². The number of phosphoric acid groups is 2. The molecule has 2 aliphatic heterocycles. The van der Waals surface area contributed by atoms with E-state index in [2.05, 4.69) is 39.5 Å². The van der Waals surface area contributed by atoms with Crippen LogP contribution in [0, 0.1) is 0 Å². The molecule has 246 valence electrons. The highest BCUT2D eigenvalue weighted by Crippen LogP contribution is 2.51. The Morgan fingerprint density at radius 3 is 2.46 bits per heavy atom. The number of halogens is 1. The third-order valence-corrected chi connectivity index (χ3v) is 9.29. The summed E-state index contributed by atoms with van der Waals surface area (Å²) in [5.74, 6) is 0.0650. The molecule has 0 amide bonds. The number of rotatable bonds is 10. The van der Waals surface area contributed by atoms with Crippen LogP contribution < -0.4 is 5.73 Å². The predicted molar refractivity (Wildman–Crippen MR) is 146 cm³/mol. The molecule has 2 saturated heterocycles. The van der Waals surface area contributed by atoms with Crippen molar-refractivity contribution in [1.29, 1.82) is 0 Å². The molecule has 5 aromatic heterocycles. The van der Waals surface area contributed by atoms with Crippen LogP contribution in [0.4, 0.5) is 10.2 Å².